The lowest BCUT2D eigenvalue weighted by Crippen LogP contribution is -2.00. The number of anilines is 1. The van der Waals surface area contributed by atoms with E-state index in [1.54, 1.807) is 36.7 Å². The summed E-state index contributed by atoms with van der Waals surface area (Å²) in [6.07, 6.45) is 5.97. The molecule has 0 saturated heterocycles. The molecule has 1 saturated carbocycles. The molecule has 0 aliphatic heterocycles. The van der Waals surface area contributed by atoms with Gasteiger partial charge < -0.3 is 5.32 Å². The van der Waals surface area contributed by atoms with Crippen molar-refractivity contribution in [2.45, 2.75) is 32.1 Å². The number of sulfone groups is 1. The summed E-state index contributed by atoms with van der Waals surface area (Å²) in [4.78, 5) is 14.6. The number of hydrogen-bond donors (Lipinski definition) is 1. The Morgan fingerprint density at radius 3 is 2.72 bits per heavy atom. The number of rotatable bonds is 8. The predicted octanol–water partition coefficient (Wildman–Crippen LogP) is 6.29. The lowest BCUT2D eigenvalue weighted by molar-refractivity contribution is 0.603. The third kappa shape index (κ3) is 5.14. The number of nitrogens with one attached hydrogen (secondary N) is 1. The fraction of sp³-hybridized carbons (Fsp3) is 0.318. The first-order chi connectivity index (χ1) is 15.3. The SMILES string of the molecule is CCCS(=O)(=O)/C=C\c1cc(Cl)cc(-c2nc(C3CC3)sc2-c2ccnc(NC)n2)c1Cl. The van der Waals surface area contributed by atoms with Crippen molar-refractivity contribution >= 4 is 56.4 Å². The summed E-state index contributed by atoms with van der Waals surface area (Å²) in [5.41, 5.74) is 2.60. The Bertz CT molecular complexity index is 1290. The summed E-state index contributed by atoms with van der Waals surface area (Å²) in [5, 5.41) is 6.04. The maximum atomic E-state index is 12.1. The second kappa shape index (κ2) is 9.47. The van der Waals surface area contributed by atoms with Gasteiger partial charge in [-0.15, -0.1) is 11.3 Å². The number of thiazole rings is 1. The van der Waals surface area contributed by atoms with Crippen LogP contribution in [0.1, 0.15) is 42.7 Å². The fourth-order valence-electron chi connectivity index (χ4n) is 3.24. The van der Waals surface area contributed by atoms with E-state index in [0.29, 0.717) is 45.2 Å². The molecule has 1 fully saturated rings. The van der Waals surface area contributed by atoms with Crippen LogP contribution in [0.4, 0.5) is 5.95 Å². The van der Waals surface area contributed by atoms with Crippen molar-refractivity contribution < 1.29 is 8.42 Å². The third-order valence-corrected chi connectivity index (χ3v) is 8.35. The first kappa shape index (κ1) is 23.2. The molecule has 0 spiro atoms. The highest BCUT2D eigenvalue weighted by atomic mass is 35.5. The van der Waals surface area contributed by atoms with Crippen molar-refractivity contribution in [2.24, 2.45) is 0 Å². The average Bonchev–Trinajstić information content (AvgIpc) is 3.52. The smallest absolute Gasteiger partial charge is 0.222 e. The molecule has 0 unspecified atom stereocenters. The van der Waals surface area contributed by atoms with Crippen LogP contribution in [0, 0.1) is 0 Å². The molecule has 0 radical (unpaired) electrons. The molecule has 0 amide bonds. The number of hydrogen-bond acceptors (Lipinski definition) is 7. The van der Waals surface area contributed by atoms with Crippen molar-refractivity contribution in [1.82, 2.24) is 15.0 Å². The Labute approximate surface area is 201 Å². The Hall–Kier alpha value is -2.00. The molecule has 0 atom stereocenters. The molecule has 1 aliphatic carbocycles. The average molecular weight is 509 g/mol. The first-order valence-corrected chi connectivity index (χ1v) is 13.5. The Morgan fingerprint density at radius 2 is 2.03 bits per heavy atom. The van der Waals surface area contributed by atoms with Crippen LogP contribution in [0.25, 0.3) is 27.9 Å². The van der Waals surface area contributed by atoms with Gasteiger partial charge in [0.2, 0.25) is 5.95 Å². The molecule has 1 aliphatic rings. The van der Waals surface area contributed by atoms with E-state index in [0.717, 1.165) is 28.4 Å². The van der Waals surface area contributed by atoms with E-state index in [1.165, 1.54) is 11.5 Å². The zero-order chi connectivity index (χ0) is 22.9. The highest BCUT2D eigenvalue weighted by Crippen LogP contribution is 2.48. The third-order valence-electron chi connectivity index (χ3n) is 4.95. The van der Waals surface area contributed by atoms with Crippen LogP contribution in [0.5, 0.6) is 0 Å². The van der Waals surface area contributed by atoms with Gasteiger partial charge in [0.05, 0.1) is 32.0 Å². The first-order valence-electron chi connectivity index (χ1n) is 10.2. The molecule has 10 heteroatoms. The summed E-state index contributed by atoms with van der Waals surface area (Å²) in [6, 6.07) is 5.26. The highest BCUT2D eigenvalue weighted by Gasteiger charge is 2.30. The molecule has 2 aromatic heterocycles. The standard InChI is InChI=1S/C22H22Cl2N4O2S2/c1-3-9-32(29,30)10-7-14-11-15(23)12-16(18(14)24)19-20(31-21(28-19)13-4-5-13)17-6-8-26-22(25-2)27-17/h6-8,10-13H,3-5,9H2,1-2H3,(H,25,26,27)/b10-7-. The van der Waals surface area contributed by atoms with Crippen LogP contribution < -0.4 is 5.32 Å². The largest absolute Gasteiger partial charge is 0.357 e. The fourth-order valence-corrected chi connectivity index (χ4v) is 6.00. The number of nitrogens with zero attached hydrogens (tertiary/aromatic N) is 3. The Balaban J connectivity index is 1.84. The molecule has 1 N–H and O–H groups in total. The van der Waals surface area contributed by atoms with Gasteiger partial charge >= 0.3 is 0 Å². The van der Waals surface area contributed by atoms with Crippen molar-refractivity contribution in [3.63, 3.8) is 0 Å². The van der Waals surface area contributed by atoms with Crippen LogP contribution in [0.2, 0.25) is 10.0 Å². The number of halogens is 2. The molecule has 6 nitrogen and oxygen atoms in total. The van der Waals surface area contributed by atoms with E-state index < -0.39 is 9.84 Å². The van der Waals surface area contributed by atoms with Gasteiger partial charge in [-0.3, -0.25) is 0 Å². The lowest BCUT2D eigenvalue weighted by atomic mass is 10.1. The maximum Gasteiger partial charge on any atom is 0.222 e. The minimum atomic E-state index is -3.31. The van der Waals surface area contributed by atoms with Crippen molar-refractivity contribution in [3.8, 4) is 21.8 Å². The van der Waals surface area contributed by atoms with E-state index in [1.807, 2.05) is 13.0 Å². The van der Waals surface area contributed by atoms with Gasteiger partial charge in [0.1, 0.15) is 0 Å². The quantitative estimate of drug-likeness (QED) is 0.384. The van der Waals surface area contributed by atoms with Crippen LogP contribution in [-0.2, 0) is 9.84 Å². The van der Waals surface area contributed by atoms with E-state index >= 15 is 0 Å². The summed E-state index contributed by atoms with van der Waals surface area (Å²) in [7, 11) is -1.55. The summed E-state index contributed by atoms with van der Waals surface area (Å²) < 4.78 is 24.3. The van der Waals surface area contributed by atoms with Crippen molar-refractivity contribution in [3.05, 3.63) is 50.4 Å². The maximum absolute atomic E-state index is 12.1. The summed E-state index contributed by atoms with van der Waals surface area (Å²) in [5.74, 6) is 1.04. The van der Waals surface area contributed by atoms with Crippen LogP contribution in [0.3, 0.4) is 0 Å². The number of aromatic nitrogens is 3. The second-order valence-corrected chi connectivity index (χ2v) is 11.4. The predicted molar refractivity (Wildman–Crippen MR) is 133 cm³/mol. The van der Waals surface area contributed by atoms with Crippen LogP contribution >= 0.6 is 34.5 Å². The van der Waals surface area contributed by atoms with Gasteiger partial charge in [0, 0.05) is 35.2 Å². The highest BCUT2D eigenvalue weighted by molar-refractivity contribution is 7.94. The topological polar surface area (TPSA) is 84.8 Å². The van der Waals surface area contributed by atoms with Gasteiger partial charge in [-0.1, -0.05) is 30.1 Å². The van der Waals surface area contributed by atoms with E-state index in [9.17, 15) is 8.42 Å². The molecular weight excluding hydrogens is 487 g/mol. The number of benzene rings is 1. The normalized spacial score (nSPS) is 14.2. The summed E-state index contributed by atoms with van der Waals surface area (Å²) >= 11 is 14.8. The lowest BCUT2D eigenvalue weighted by Gasteiger charge is -2.09. The van der Waals surface area contributed by atoms with Gasteiger partial charge in [0.25, 0.3) is 0 Å². The van der Waals surface area contributed by atoms with E-state index in [4.69, 9.17) is 28.2 Å². The van der Waals surface area contributed by atoms with Crippen molar-refractivity contribution in [2.75, 3.05) is 18.1 Å². The Morgan fingerprint density at radius 1 is 1.25 bits per heavy atom. The zero-order valence-corrected chi connectivity index (χ0v) is 20.7. The van der Waals surface area contributed by atoms with E-state index in [2.05, 4.69) is 15.3 Å². The minimum absolute atomic E-state index is 0.0804. The zero-order valence-electron chi connectivity index (χ0n) is 17.6. The Kier molecular flexibility index (Phi) is 6.86. The molecule has 1 aromatic carbocycles. The molecule has 3 aromatic rings. The minimum Gasteiger partial charge on any atom is -0.357 e. The monoisotopic (exact) mass is 508 g/mol. The van der Waals surface area contributed by atoms with Gasteiger partial charge in [0.15, 0.2) is 9.84 Å². The van der Waals surface area contributed by atoms with Gasteiger partial charge in [-0.25, -0.2) is 23.4 Å². The van der Waals surface area contributed by atoms with Crippen LogP contribution in [0.15, 0.2) is 29.8 Å². The molecular formula is C22H22Cl2N4O2S2. The van der Waals surface area contributed by atoms with Gasteiger partial charge in [-0.2, -0.15) is 0 Å². The second-order valence-electron chi connectivity index (χ2n) is 7.55. The van der Waals surface area contributed by atoms with E-state index in [-0.39, 0.29) is 5.75 Å². The molecule has 4 rings (SSSR count). The van der Waals surface area contributed by atoms with Crippen molar-refractivity contribution in [1.29, 1.82) is 0 Å². The van der Waals surface area contributed by atoms with Gasteiger partial charge in [-0.05, 0) is 49.1 Å². The molecule has 32 heavy (non-hydrogen) atoms. The summed E-state index contributed by atoms with van der Waals surface area (Å²) in [6.45, 7) is 1.82. The molecule has 0 bridgehead atoms. The molecule has 2 heterocycles. The molecule has 168 valence electrons. The van der Waals surface area contributed by atoms with Crippen LogP contribution in [-0.4, -0.2) is 36.2 Å².